The van der Waals surface area contributed by atoms with Crippen LogP contribution in [-0.2, 0) is 14.8 Å². The van der Waals surface area contributed by atoms with Crippen LogP contribution in [-0.4, -0.2) is 55.0 Å². The van der Waals surface area contributed by atoms with Gasteiger partial charge in [0.2, 0.25) is 15.9 Å². The minimum absolute atomic E-state index is 0.168. The van der Waals surface area contributed by atoms with Gasteiger partial charge in [0.05, 0.1) is 5.25 Å². The quantitative estimate of drug-likeness (QED) is 0.771. The summed E-state index contributed by atoms with van der Waals surface area (Å²) in [6.07, 6.45) is 5.71. The van der Waals surface area contributed by atoms with Gasteiger partial charge in [0.1, 0.15) is 0 Å². The van der Waals surface area contributed by atoms with Crippen LogP contribution in [0.3, 0.4) is 0 Å². The maximum absolute atomic E-state index is 12.4. The van der Waals surface area contributed by atoms with Crippen molar-refractivity contribution in [3.8, 4) is 0 Å². The molecule has 2 saturated carbocycles. The van der Waals surface area contributed by atoms with E-state index < -0.39 is 10.0 Å². The van der Waals surface area contributed by atoms with E-state index in [4.69, 9.17) is 0 Å². The van der Waals surface area contributed by atoms with E-state index in [0.29, 0.717) is 26.2 Å². The van der Waals surface area contributed by atoms with Crippen LogP contribution >= 0.6 is 0 Å². The molecule has 0 aromatic carbocycles. The van der Waals surface area contributed by atoms with Gasteiger partial charge in [-0.1, -0.05) is 12.8 Å². The minimum Gasteiger partial charge on any atom is -0.340 e. The number of piperazine rings is 1. The molecule has 0 unspecified atom stereocenters. The number of nitrogens with zero attached hydrogens (tertiary/aromatic N) is 2. The van der Waals surface area contributed by atoms with Gasteiger partial charge in [-0.2, -0.15) is 4.31 Å². The van der Waals surface area contributed by atoms with Crippen molar-refractivity contribution in [2.45, 2.75) is 43.8 Å². The van der Waals surface area contributed by atoms with Crippen molar-refractivity contribution >= 4 is 15.9 Å². The van der Waals surface area contributed by atoms with Crippen molar-refractivity contribution in [2.24, 2.45) is 5.92 Å². The lowest BCUT2D eigenvalue weighted by Crippen LogP contribution is -2.52. The first kappa shape index (κ1) is 13.4. The minimum atomic E-state index is -3.12. The molecule has 0 spiro atoms. The van der Waals surface area contributed by atoms with Crippen molar-refractivity contribution < 1.29 is 13.2 Å². The summed E-state index contributed by atoms with van der Waals surface area (Å²) < 4.78 is 26.5. The van der Waals surface area contributed by atoms with E-state index in [1.54, 1.807) is 4.31 Å². The molecular formula is C13H22N2O3S. The third-order valence-corrected chi connectivity index (χ3v) is 6.96. The molecule has 0 aromatic rings. The summed E-state index contributed by atoms with van der Waals surface area (Å²) in [5.41, 5.74) is 0. The van der Waals surface area contributed by atoms with Crippen molar-refractivity contribution in [1.29, 1.82) is 0 Å². The molecule has 5 nitrogen and oxygen atoms in total. The maximum atomic E-state index is 12.4. The van der Waals surface area contributed by atoms with Gasteiger partial charge in [-0.15, -0.1) is 0 Å². The van der Waals surface area contributed by atoms with Crippen LogP contribution < -0.4 is 0 Å². The number of hydrogen-bond acceptors (Lipinski definition) is 3. The van der Waals surface area contributed by atoms with Crippen LogP contribution in [0.1, 0.15) is 38.5 Å². The molecule has 0 radical (unpaired) electrons. The van der Waals surface area contributed by atoms with Gasteiger partial charge >= 0.3 is 0 Å². The summed E-state index contributed by atoms with van der Waals surface area (Å²) in [5.74, 6) is 0.468. The molecule has 0 aromatic heterocycles. The van der Waals surface area contributed by atoms with Gasteiger partial charge in [0, 0.05) is 32.1 Å². The smallest absolute Gasteiger partial charge is 0.225 e. The highest BCUT2D eigenvalue weighted by atomic mass is 32.2. The predicted octanol–water partition coefficient (Wildman–Crippen LogP) is 0.813. The lowest BCUT2D eigenvalue weighted by atomic mass is 10.3. The molecule has 1 amide bonds. The molecule has 3 aliphatic rings. The lowest BCUT2D eigenvalue weighted by molar-refractivity contribution is -0.133. The zero-order valence-corrected chi connectivity index (χ0v) is 12.1. The highest BCUT2D eigenvalue weighted by Crippen LogP contribution is 2.32. The molecule has 3 fully saturated rings. The highest BCUT2D eigenvalue weighted by Gasteiger charge is 2.39. The van der Waals surface area contributed by atoms with Crippen LogP contribution in [0.5, 0.6) is 0 Å². The number of sulfonamides is 1. The van der Waals surface area contributed by atoms with Crippen molar-refractivity contribution in [3.63, 3.8) is 0 Å². The summed E-state index contributed by atoms with van der Waals surface area (Å²) in [5, 5.41) is -0.168. The van der Waals surface area contributed by atoms with E-state index in [1.165, 1.54) is 0 Å². The first-order valence-corrected chi connectivity index (χ1v) is 8.87. The second-order valence-electron chi connectivity index (χ2n) is 5.95. The SMILES string of the molecule is O=C(C1CC1)N1CCN(S(=O)(=O)C2CCCC2)CC1. The number of carbonyl (C=O) groups is 1. The van der Waals surface area contributed by atoms with Gasteiger partial charge in [0.15, 0.2) is 0 Å². The predicted molar refractivity (Wildman–Crippen MR) is 72.1 cm³/mol. The molecular weight excluding hydrogens is 264 g/mol. The van der Waals surface area contributed by atoms with E-state index in [-0.39, 0.29) is 17.1 Å². The summed E-state index contributed by atoms with van der Waals surface area (Å²) in [6.45, 7) is 2.11. The number of carbonyl (C=O) groups excluding carboxylic acids is 1. The summed E-state index contributed by atoms with van der Waals surface area (Å²) in [7, 11) is -3.12. The summed E-state index contributed by atoms with van der Waals surface area (Å²) in [4.78, 5) is 13.8. The average Bonchev–Trinajstić information content (AvgIpc) is 3.11. The summed E-state index contributed by atoms with van der Waals surface area (Å²) >= 11 is 0. The normalized spacial score (nSPS) is 26.8. The second-order valence-corrected chi connectivity index (χ2v) is 8.16. The Balaban J connectivity index is 1.58. The Morgan fingerprint density at radius 3 is 2.00 bits per heavy atom. The zero-order chi connectivity index (χ0) is 13.5. The van der Waals surface area contributed by atoms with Crippen LogP contribution in [0, 0.1) is 5.92 Å². The molecule has 1 saturated heterocycles. The molecule has 1 aliphatic heterocycles. The Morgan fingerprint density at radius 1 is 0.895 bits per heavy atom. The third kappa shape index (κ3) is 2.65. The van der Waals surface area contributed by atoms with E-state index in [1.807, 2.05) is 4.90 Å². The Bertz CT molecular complexity index is 445. The molecule has 6 heteroatoms. The van der Waals surface area contributed by atoms with Crippen LogP contribution in [0.4, 0.5) is 0 Å². The molecule has 0 bridgehead atoms. The fourth-order valence-corrected chi connectivity index (χ4v) is 5.17. The lowest BCUT2D eigenvalue weighted by Gasteiger charge is -2.35. The van der Waals surface area contributed by atoms with E-state index in [0.717, 1.165) is 38.5 Å². The zero-order valence-electron chi connectivity index (χ0n) is 11.3. The Kier molecular flexibility index (Phi) is 3.55. The van der Waals surface area contributed by atoms with Gasteiger partial charge < -0.3 is 4.90 Å². The second kappa shape index (κ2) is 5.05. The molecule has 1 heterocycles. The summed E-state index contributed by atoms with van der Waals surface area (Å²) in [6, 6.07) is 0. The fourth-order valence-electron chi connectivity index (χ4n) is 3.15. The fraction of sp³-hybridized carbons (Fsp3) is 0.923. The van der Waals surface area contributed by atoms with Crippen molar-refractivity contribution in [2.75, 3.05) is 26.2 Å². The van der Waals surface area contributed by atoms with Gasteiger partial charge in [-0.05, 0) is 25.7 Å². The van der Waals surface area contributed by atoms with Crippen LogP contribution in [0.15, 0.2) is 0 Å². The number of rotatable bonds is 3. The average molecular weight is 286 g/mol. The van der Waals surface area contributed by atoms with Gasteiger partial charge in [0.25, 0.3) is 0 Å². The standard InChI is InChI=1S/C13H22N2O3S/c16-13(11-5-6-11)14-7-9-15(10-8-14)19(17,18)12-3-1-2-4-12/h11-12H,1-10H2. The number of amides is 1. The Labute approximate surface area is 115 Å². The number of hydrogen-bond donors (Lipinski definition) is 0. The molecule has 3 rings (SSSR count). The molecule has 2 aliphatic carbocycles. The topological polar surface area (TPSA) is 57.7 Å². The third-order valence-electron chi connectivity index (χ3n) is 4.56. The molecule has 0 atom stereocenters. The van der Waals surface area contributed by atoms with Gasteiger partial charge in [-0.25, -0.2) is 8.42 Å². The van der Waals surface area contributed by atoms with Crippen molar-refractivity contribution in [1.82, 2.24) is 9.21 Å². The maximum Gasteiger partial charge on any atom is 0.225 e. The highest BCUT2D eigenvalue weighted by molar-refractivity contribution is 7.89. The van der Waals surface area contributed by atoms with Crippen molar-refractivity contribution in [3.05, 3.63) is 0 Å². The largest absolute Gasteiger partial charge is 0.340 e. The van der Waals surface area contributed by atoms with E-state index >= 15 is 0 Å². The Hall–Kier alpha value is -0.620. The van der Waals surface area contributed by atoms with Crippen LogP contribution in [0.25, 0.3) is 0 Å². The first-order valence-electron chi connectivity index (χ1n) is 7.37. The molecule has 19 heavy (non-hydrogen) atoms. The van der Waals surface area contributed by atoms with E-state index in [9.17, 15) is 13.2 Å². The monoisotopic (exact) mass is 286 g/mol. The molecule has 108 valence electrons. The van der Waals surface area contributed by atoms with Gasteiger partial charge in [-0.3, -0.25) is 4.79 Å². The van der Waals surface area contributed by atoms with E-state index in [2.05, 4.69) is 0 Å². The molecule has 0 N–H and O–H groups in total. The Morgan fingerprint density at radius 2 is 1.47 bits per heavy atom. The van der Waals surface area contributed by atoms with Crippen LogP contribution in [0.2, 0.25) is 0 Å². The first-order chi connectivity index (χ1) is 9.09.